The maximum atomic E-state index is 12.5. The Morgan fingerprint density at radius 2 is 1.85 bits per heavy atom. The summed E-state index contributed by atoms with van der Waals surface area (Å²) in [5.41, 5.74) is -0.315. The molecule has 0 aromatic heterocycles. The van der Waals surface area contributed by atoms with Gasteiger partial charge in [-0.3, -0.25) is 4.79 Å². The Bertz CT molecular complexity index is 624. The van der Waals surface area contributed by atoms with Gasteiger partial charge >= 0.3 is 0 Å². The van der Waals surface area contributed by atoms with Crippen LogP contribution in [0.25, 0.3) is 0 Å². The van der Waals surface area contributed by atoms with Gasteiger partial charge < -0.3 is 4.74 Å². The Balaban J connectivity index is 1.78. The summed E-state index contributed by atoms with van der Waals surface area (Å²) in [6.07, 6.45) is 3.39. The summed E-state index contributed by atoms with van der Waals surface area (Å²) in [5, 5.41) is -0.405. The van der Waals surface area contributed by atoms with Crippen molar-refractivity contribution in [3.8, 4) is 5.75 Å². The summed E-state index contributed by atoms with van der Waals surface area (Å²) in [7, 11) is -1.78. The Kier molecular flexibility index (Phi) is 3.12. The fraction of sp³-hybridized carbons (Fsp3) is 0.533. The summed E-state index contributed by atoms with van der Waals surface area (Å²) >= 11 is 0. The van der Waals surface area contributed by atoms with Crippen LogP contribution < -0.4 is 4.74 Å². The summed E-state index contributed by atoms with van der Waals surface area (Å²) < 4.78 is 30.1. The topological polar surface area (TPSA) is 60.4 Å². The van der Waals surface area contributed by atoms with Gasteiger partial charge in [-0.1, -0.05) is 0 Å². The van der Waals surface area contributed by atoms with Crippen molar-refractivity contribution in [1.82, 2.24) is 0 Å². The first-order chi connectivity index (χ1) is 9.48. The zero-order valence-electron chi connectivity index (χ0n) is 11.5. The standard InChI is InChI=1S/C15H18O4S/c1-19-11-4-6-12(7-5-11)20(17,18)13-9-15(10-13)8-2-3-14(15)16/h4-7,13H,2-3,8-10H2,1H3. The van der Waals surface area contributed by atoms with E-state index in [1.165, 1.54) is 0 Å². The van der Waals surface area contributed by atoms with Gasteiger partial charge in [-0.2, -0.15) is 0 Å². The Morgan fingerprint density at radius 1 is 1.20 bits per heavy atom. The minimum Gasteiger partial charge on any atom is -0.497 e. The molecular weight excluding hydrogens is 276 g/mol. The first kappa shape index (κ1) is 13.6. The molecule has 1 aromatic carbocycles. The lowest BCUT2D eigenvalue weighted by molar-refractivity contribution is -0.129. The molecule has 0 N–H and O–H groups in total. The van der Waals surface area contributed by atoms with Gasteiger partial charge in [-0.25, -0.2) is 8.42 Å². The molecule has 20 heavy (non-hydrogen) atoms. The third kappa shape index (κ3) is 1.95. The van der Waals surface area contributed by atoms with E-state index in [4.69, 9.17) is 4.74 Å². The molecule has 4 nitrogen and oxygen atoms in total. The van der Waals surface area contributed by atoms with Gasteiger partial charge in [0.2, 0.25) is 0 Å². The zero-order valence-corrected chi connectivity index (χ0v) is 12.3. The SMILES string of the molecule is COc1ccc(S(=O)(=O)C2CC3(CCCC3=O)C2)cc1. The lowest BCUT2D eigenvalue weighted by Gasteiger charge is -2.43. The summed E-state index contributed by atoms with van der Waals surface area (Å²) in [6.45, 7) is 0. The first-order valence-electron chi connectivity index (χ1n) is 6.89. The Morgan fingerprint density at radius 3 is 2.35 bits per heavy atom. The smallest absolute Gasteiger partial charge is 0.181 e. The average Bonchev–Trinajstić information content (AvgIpc) is 2.79. The summed E-state index contributed by atoms with van der Waals surface area (Å²) in [6, 6.07) is 6.47. The van der Waals surface area contributed by atoms with Gasteiger partial charge in [-0.05, 0) is 49.9 Å². The number of ether oxygens (including phenoxy) is 1. The van der Waals surface area contributed by atoms with Gasteiger partial charge in [0.1, 0.15) is 11.5 Å². The number of carbonyl (C=O) groups is 1. The highest BCUT2D eigenvalue weighted by Gasteiger charge is 2.55. The number of Topliss-reactive ketones (excluding diaryl/α,β-unsaturated/α-hetero) is 1. The largest absolute Gasteiger partial charge is 0.497 e. The third-order valence-corrected chi connectivity index (χ3v) is 6.85. The molecule has 0 atom stereocenters. The van der Waals surface area contributed by atoms with Crippen molar-refractivity contribution in [3.05, 3.63) is 24.3 Å². The van der Waals surface area contributed by atoms with Crippen molar-refractivity contribution < 1.29 is 17.9 Å². The Labute approximate surface area is 119 Å². The monoisotopic (exact) mass is 294 g/mol. The zero-order chi connectivity index (χ0) is 14.4. The van der Waals surface area contributed by atoms with Gasteiger partial charge in [0.05, 0.1) is 17.3 Å². The van der Waals surface area contributed by atoms with E-state index in [0.29, 0.717) is 29.9 Å². The van der Waals surface area contributed by atoms with Crippen molar-refractivity contribution in [2.45, 2.75) is 42.2 Å². The molecule has 0 amide bonds. The van der Waals surface area contributed by atoms with E-state index in [-0.39, 0.29) is 11.2 Å². The van der Waals surface area contributed by atoms with E-state index in [0.717, 1.165) is 12.8 Å². The van der Waals surface area contributed by atoms with Crippen LogP contribution in [-0.2, 0) is 14.6 Å². The number of carbonyl (C=O) groups excluding carboxylic acids is 1. The molecule has 2 fully saturated rings. The molecule has 0 radical (unpaired) electrons. The number of benzene rings is 1. The highest BCUT2D eigenvalue weighted by Crippen LogP contribution is 2.54. The molecule has 0 unspecified atom stereocenters. The molecule has 2 aliphatic carbocycles. The van der Waals surface area contributed by atoms with Crippen molar-refractivity contribution in [2.24, 2.45) is 5.41 Å². The lowest BCUT2D eigenvalue weighted by Crippen LogP contribution is -2.47. The van der Waals surface area contributed by atoms with E-state index in [1.54, 1.807) is 31.4 Å². The number of methoxy groups -OCH3 is 1. The second kappa shape index (κ2) is 4.58. The maximum absolute atomic E-state index is 12.5. The summed E-state index contributed by atoms with van der Waals surface area (Å²) in [5.74, 6) is 0.902. The molecule has 3 rings (SSSR count). The summed E-state index contributed by atoms with van der Waals surface area (Å²) in [4.78, 5) is 12.2. The molecule has 5 heteroatoms. The molecule has 0 aliphatic heterocycles. The molecule has 1 spiro atoms. The van der Waals surface area contributed by atoms with E-state index in [1.807, 2.05) is 0 Å². The van der Waals surface area contributed by atoms with Crippen LogP contribution in [0.4, 0.5) is 0 Å². The van der Waals surface area contributed by atoms with Crippen molar-refractivity contribution in [2.75, 3.05) is 7.11 Å². The predicted octanol–water partition coefficient (Wildman–Crippen LogP) is 2.37. The predicted molar refractivity (Wildman–Crippen MR) is 74.5 cm³/mol. The van der Waals surface area contributed by atoms with Crippen LogP contribution >= 0.6 is 0 Å². The minimum atomic E-state index is -3.32. The molecule has 2 saturated carbocycles. The van der Waals surface area contributed by atoms with E-state index >= 15 is 0 Å². The van der Waals surface area contributed by atoms with Crippen LogP contribution in [0.3, 0.4) is 0 Å². The number of hydrogen-bond acceptors (Lipinski definition) is 4. The van der Waals surface area contributed by atoms with Crippen LogP contribution in [0.2, 0.25) is 0 Å². The van der Waals surface area contributed by atoms with E-state index in [2.05, 4.69) is 0 Å². The molecule has 1 aromatic rings. The molecule has 0 saturated heterocycles. The normalized spacial score (nSPS) is 29.4. The Hall–Kier alpha value is -1.36. The van der Waals surface area contributed by atoms with Crippen LogP contribution in [-0.4, -0.2) is 26.6 Å². The number of hydrogen-bond donors (Lipinski definition) is 0. The average molecular weight is 294 g/mol. The third-order valence-electron chi connectivity index (χ3n) is 4.71. The molecule has 0 heterocycles. The fourth-order valence-electron chi connectivity index (χ4n) is 3.41. The number of ketones is 1. The van der Waals surface area contributed by atoms with Crippen LogP contribution in [0.1, 0.15) is 32.1 Å². The van der Waals surface area contributed by atoms with Gasteiger partial charge in [0.25, 0.3) is 0 Å². The second-order valence-corrected chi connectivity index (χ2v) is 8.04. The highest BCUT2D eigenvalue weighted by molar-refractivity contribution is 7.92. The van der Waals surface area contributed by atoms with Gasteiger partial charge in [0, 0.05) is 11.8 Å². The van der Waals surface area contributed by atoms with Crippen LogP contribution in [0.5, 0.6) is 5.75 Å². The van der Waals surface area contributed by atoms with Crippen molar-refractivity contribution >= 4 is 15.6 Å². The molecule has 2 aliphatic rings. The number of rotatable bonds is 3. The highest BCUT2D eigenvalue weighted by atomic mass is 32.2. The van der Waals surface area contributed by atoms with Gasteiger partial charge in [0.15, 0.2) is 9.84 Å². The molecule has 108 valence electrons. The fourth-order valence-corrected chi connectivity index (χ4v) is 5.39. The van der Waals surface area contributed by atoms with E-state index in [9.17, 15) is 13.2 Å². The van der Waals surface area contributed by atoms with Gasteiger partial charge in [-0.15, -0.1) is 0 Å². The second-order valence-electron chi connectivity index (χ2n) is 5.81. The van der Waals surface area contributed by atoms with Crippen molar-refractivity contribution in [1.29, 1.82) is 0 Å². The van der Waals surface area contributed by atoms with Crippen molar-refractivity contribution in [3.63, 3.8) is 0 Å². The molecular formula is C15H18O4S. The molecule has 0 bridgehead atoms. The quantitative estimate of drug-likeness (QED) is 0.858. The lowest BCUT2D eigenvalue weighted by atomic mass is 9.66. The maximum Gasteiger partial charge on any atom is 0.181 e. The first-order valence-corrected chi connectivity index (χ1v) is 8.44. The number of sulfone groups is 1. The van der Waals surface area contributed by atoms with Crippen LogP contribution in [0.15, 0.2) is 29.2 Å². The van der Waals surface area contributed by atoms with E-state index < -0.39 is 15.1 Å². The minimum absolute atomic E-state index is 0.263. The van der Waals surface area contributed by atoms with Crippen LogP contribution in [0, 0.1) is 5.41 Å².